The van der Waals surface area contributed by atoms with Gasteiger partial charge in [-0.15, -0.1) is 0 Å². The third kappa shape index (κ3) is 3.22. The van der Waals surface area contributed by atoms with Crippen molar-refractivity contribution in [1.82, 2.24) is 0 Å². The van der Waals surface area contributed by atoms with Gasteiger partial charge in [0.1, 0.15) is 11.5 Å². The Morgan fingerprint density at radius 2 is 1.75 bits per heavy atom. The van der Waals surface area contributed by atoms with E-state index < -0.39 is 0 Å². The van der Waals surface area contributed by atoms with E-state index >= 15 is 0 Å². The molecule has 4 aliphatic carbocycles. The molecule has 5 rings (SSSR count). The van der Waals surface area contributed by atoms with Crippen molar-refractivity contribution in [3.05, 3.63) is 41.0 Å². The van der Waals surface area contributed by atoms with Gasteiger partial charge in [0, 0.05) is 18.8 Å². The van der Waals surface area contributed by atoms with E-state index in [4.69, 9.17) is 4.74 Å². The van der Waals surface area contributed by atoms with Crippen molar-refractivity contribution in [2.24, 2.45) is 34.5 Å². The minimum absolute atomic E-state index is 0.147. The van der Waals surface area contributed by atoms with Crippen molar-refractivity contribution < 1.29 is 14.3 Å². The summed E-state index contributed by atoms with van der Waals surface area (Å²) in [4.78, 5) is 25.5. The number of methoxy groups -OCH3 is 1. The average Bonchev–Trinajstić information content (AvgIpc) is 3.14. The number of hydrogen-bond donors (Lipinski definition) is 0. The molecular formula is C29H38O3. The summed E-state index contributed by atoms with van der Waals surface area (Å²) in [6.45, 7) is 6.70. The largest absolute Gasteiger partial charge is 0.497 e. The monoisotopic (exact) mass is 434 g/mol. The topological polar surface area (TPSA) is 43.4 Å². The Kier molecular flexibility index (Phi) is 5.38. The number of Topliss-reactive ketones (excluding diaryl/α,β-unsaturated/α-hetero) is 2. The van der Waals surface area contributed by atoms with Gasteiger partial charge in [0.15, 0.2) is 5.78 Å². The lowest BCUT2D eigenvalue weighted by atomic mass is 9.46. The number of hydrogen-bond acceptors (Lipinski definition) is 3. The Balaban J connectivity index is 1.46. The molecule has 172 valence electrons. The molecule has 0 radical (unpaired) electrons. The standard InChI is InChI=1S/C29H38O3/c1-18(30)23-11-12-24-21-9-10-25-22(17-19-5-7-20(32-4)8-6-19)27(31)14-16-29(25,3)26(21)13-15-28(23,24)2/h5-8,21,23-24,26H,9-17H2,1-4H3/t21-,23+,24-,26-,28+,29-/m0/s1. The molecule has 3 nitrogen and oxygen atoms in total. The molecule has 1 aromatic rings. The summed E-state index contributed by atoms with van der Waals surface area (Å²) in [6, 6.07) is 8.20. The molecule has 0 heterocycles. The number of carbonyl (C=O) groups is 2. The Labute approximate surface area is 193 Å². The highest BCUT2D eigenvalue weighted by Gasteiger charge is 2.60. The summed E-state index contributed by atoms with van der Waals surface area (Å²) >= 11 is 0. The van der Waals surface area contributed by atoms with Gasteiger partial charge in [-0.2, -0.15) is 0 Å². The molecule has 3 heteroatoms. The number of fused-ring (bicyclic) bond motifs is 5. The average molecular weight is 435 g/mol. The first-order chi connectivity index (χ1) is 15.3. The van der Waals surface area contributed by atoms with Crippen LogP contribution in [0.25, 0.3) is 0 Å². The van der Waals surface area contributed by atoms with E-state index in [0.717, 1.165) is 37.0 Å². The minimum Gasteiger partial charge on any atom is -0.497 e. The minimum atomic E-state index is 0.147. The molecule has 3 fully saturated rings. The van der Waals surface area contributed by atoms with Crippen LogP contribution in [0.4, 0.5) is 0 Å². The molecule has 0 aliphatic heterocycles. The molecule has 32 heavy (non-hydrogen) atoms. The molecule has 0 aromatic heterocycles. The summed E-state index contributed by atoms with van der Waals surface area (Å²) in [7, 11) is 1.69. The molecule has 6 atom stereocenters. The van der Waals surface area contributed by atoms with Crippen LogP contribution in [0.15, 0.2) is 35.4 Å². The Hall–Kier alpha value is -1.90. The predicted molar refractivity (Wildman–Crippen MR) is 127 cm³/mol. The molecule has 0 amide bonds. The summed E-state index contributed by atoms with van der Waals surface area (Å²) in [6.07, 6.45) is 9.39. The molecule has 3 saturated carbocycles. The van der Waals surface area contributed by atoms with Crippen LogP contribution < -0.4 is 4.74 Å². The number of rotatable bonds is 4. The second kappa shape index (κ2) is 7.85. The first-order valence-electron chi connectivity index (χ1n) is 12.7. The van der Waals surface area contributed by atoms with Gasteiger partial charge in [-0.1, -0.05) is 31.6 Å². The maximum atomic E-state index is 13.1. The Morgan fingerprint density at radius 1 is 1.00 bits per heavy atom. The molecule has 0 saturated heterocycles. The summed E-state index contributed by atoms with van der Waals surface area (Å²) in [5, 5.41) is 0. The maximum absolute atomic E-state index is 13.1. The first-order valence-corrected chi connectivity index (χ1v) is 12.7. The highest BCUT2D eigenvalue weighted by atomic mass is 16.5. The van der Waals surface area contributed by atoms with Crippen LogP contribution >= 0.6 is 0 Å². The molecule has 0 N–H and O–H groups in total. The molecular weight excluding hydrogens is 396 g/mol. The fourth-order valence-electron chi connectivity index (χ4n) is 8.65. The Bertz CT molecular complexity index is 957. The molecule has 4 aliphatic rings. The fourth-order valence-corrected chi connectivity index (χ4v) is 8.65. The summed E-state index contributed by atoms with van der Waals surface area (Å²) in [5.41, 5.74) is 4.11. The van der Waals surface area contributed by atoms with Gasteiger partial charge in [0.25, 0.3) is 0 Å². The van der Waals surface area contributed by atoms with Crippen molar-refractivity contribution in [2.75, 3.05) is 7.11 Å². The highest BCUT2D eigenvalue weighted by Crippen LogP contribution is 2.67. The molecule has 0 unspecified atom stereocenters. The number of allylic oxidation sites excluding steroid dienone is 1. The third-order valence-electron chi connectivity index (χ3n) is 10.3. The second-order valence-electron chi connectivity index (χ2n) is 11.5. The summed E-state index contributed by atoms with van der Waals surface area (Å²) in [5.74, 6) is 3.94. The van der Waals surface area contributed by atoms with Crippen LogP contribution in [-0.4, -0.2) is 18.7 Å². The lowest BCUT2D eigenvalue weighted by molar-refractivity contribution is -0.128. The van der Waals surface area contributed by atoms with E-state index in [-0.39, 0.29) is 16.7 Å². The van der Waals surface area contributed by atoms with Gasteiger partial charge in [-0.3, -0.25) is 9.59 Å². The van der Waals surface area contributed by atoms with Gasteiger partial charge in [0.05, 0.1) is 7.11 Å². The lowest BCUT2D eigenvalue weighted by Crippen LogP contribution is -2.51. The van der Waals surface area contributed by atoms with Crippen molar-refractivity contribution >= 4 is 11.6 Å². The zero-order valence-electron chi connectivity index (χ0n) is 20.2. The van der Waals surface area contributed by atoms with E-state index in [2.05, 4.69) is 26.0 Å². The second-order valence-corrected chi connectivity index (χ2v) is 11.5. The van der Waals surface area contributed by atoms with Crippen LogP contribution in [0.2, 0.25) is 0 Å². The quantitative estimate of drug-likeness (QED) is 0.555. The normalized spacial score (nSPS) is 38.7. The van der Waals surface area contributed by atoms with Crippen molar-refractivity contribution in [2.45, 2.75) is 78.6 Å². The molecule has 0 bridgehead atoms. The fraction of sp³-hybridized carbons (Fsp3) is 0.655. The zero-order valence-corrected chi connectivity index (χ0v) is 20.2. The van der Waals surface area contributed by atoms with Crippen LogP contribution in [0.3, 0.4) is 0 Å². The van der Waals surface area contributed by atoms with Crippen molar-refractivity contribution in [1.29, 1.82) is 0 Å². The van der Waals surface area contributed by atoms with Gasteiger partial charge >= 0.3 is 0 Å². The van der Waals surface area contributed by atoms with Gasteiger partial charge in [-0.05, 0) is 104 Å². The van der Waals surface area contributed by atoms with Crippen LogP contribution in [0.1, 0.15) is 77.7 Å². The van der Waals surface area contributed by atoms with E-state index in [1.54, 1.807) is 7.11 Å². The zero-order chi connectivity index (χ0) is 22.7. The first kappa shape index (κ1) is 21.9. The van der Waals surface area contributed by atoms with Gasteiger partial charge < -0.3 is 4.74 Å². The smallest absolute Gasteiger partial charge is 0.159 e. The van der Waals surface area contributed by atoms with E-state index in [9.17, 15) is 9.59 Å². The van der Waals surface area contributed by atoms with Crippen LogP contribution in [0, 0.1) is 34.5 Å². The van der Waals surface area contributed by atoms with Crippen molar-refractivity contribution in [3.8, 4) is 5.75 Å². The van der Waals surface area contributed by atoms with Crippen LogP contribution in [-0.2, 0) is 16.0 Å². The number of carbonyl (C=O) groups excluding carboxylic acids is 2. The van der Waals surface area contributed by atoms with E-state index in [1.165, 1.54) is 36.8 Å². The predicted octanol–water partition coefficient (Wildman–Crippen LogP) is 6.35. The Morgan fingerprint density at radius 3 is 2.44 bits per heavy atom. The maximum Gasteiger partial charge on any atom is 0.159 e. The number of ketones is 2. The van der Waals surface area contributed by atoms with Gasteiger partial charge in [0.2, 0.25) is 0 Å². The number of benzene rings is 1. The molecule has 0 spiro atoms. The van der Waals surface area contributed by atoms with Gasteiger partial charge in [-0.25, -0.2) is 0 Å². The third-order valence-corrected chi connectivity index (χ3v) is 10.3. The van der Waals surface area contributed by atoms with Crippen molar-refractivity contribution in [3.63, 3.8) is 0 Å². The summed E-state index contributed by atoms with van der Waals surface area (Å²) < 4.78 is 5.31. The van der Waals surface area contributed by atoms with Crippen LogP contribution in [0.5, 0.6) is 5.75 Å². The highest BCUT2D eigenvalue weighted by molar-refractivity contribution is 5.97. The van der Waals surface area contributed by atoms with E-state index in [1.807, 2.05) is 19.1 Å². The van der Waals surface area contributed by atoms with E-state index in [0.29, 0.717) is 35.7 Å². The number of ether oxygens (including phenoxy) is 1. The molecule has 1 aromatic carbocycles. The SMILES string of the molecule is COc1ccc(CC2=C3CC[C@H]4[C@@H]5CC[C@H](C(C)=O)[C@@]5(C)CC[C@@H]4[C@@]3(C)CCC2=O)cc1. The lowest BCUT2D eigenvalue weighted by Gasteiger charge is -2.58.